The van der Waals surface area contributed by atoms with Crippen LogP contribution in [0.1, 0.15) is 22.5 Å². The highest BCUT2D eigenvalue weighted by Gasteiger charge is 2.17. The molecule has 0 saturated carbocycles. The number of urea groups is 1. The molecule has 1 aliphatic heterocycles. The van der Waals surface area contributed by atoms with Crippen LogP contribution >= 0.6 is 0 Å². The molecule has 2 heterocycles. The summed E-state index contributed by atoms with van der Waals surface area (Å²) in [5.41, 5.74) is 5.21. The van der Waals surface area contributed by atoms with E-state index < -0.39 is 0 Å². The van der Waals surface area contributed by atoms with E-state index in [9.17, 15) is 4.79 Å². The molecule has 1 saturated heterocycles. The minimum absolute atomic E-state index is 0.304. The monoisotopic (exact) mass is 355 g/mol. The minimum atomic E-state index is -0.304. The van der Waals surface area contributed by atoms with E-state index in [1.54, 1.807) is 0 Å². The van der Waals surface area contributed by atoms with Gasteiger partial charge in [-0.2, -0.15) is 0 Å². The van der Waals surface area contributed by atoms with Crippen molar-refractivity contribution < 1.29 is 9.53 Å². The molecule has 2 aromatic rings. The summed E-state index contributed by atoms with van der Waals surface area (Å²) in [5, 5.41) is 5.73. The number of nitrogens with zero attached hydrogens (tertiary/aromatic N) is 3. The van der Waals surface area contributed by atoms with Crippen molar-refractivity contribution in [2.45, 2.75) is 27.7 Å². The van der Waals surface area contributed by atoms with Crippen molar-refractivity contribution in [2.75, 3.05) is 41.8 Å². The molecule has 1 fully saturated rings. The molecule has 3 rings (SSSR count). The standard InChI is InChI=1S/C19H25N5O2/c1-12-5-6-16(11-13(12)2)22-19(25)23-17-14(3)20-18(21-15(17)4)24-7-9-26-10-8-24/h5-6,11H,7-10H2,1-4H3,(H2,22,23,25). The summed E-state index contributed by atoms with van der Waals surface area (Å²) in [6, 6.07) is 5.52. The van der Waals surface area contributed by atoms with Gasteiger partial charge in [-0.3, -0.25) is 0 Å². The highest BCUT2D eigenvalue weighted by molar-refractivity contribution is 6.00. The maximum atomic E-state index is 12.4. The molecular formula is C19H25N5O2. The molecule has 26 heavy (non-hydrogen) atoms. The second kappa shape index (κ2) is 7.70. The van der Waals surface area contributed by atoms with E-state index in [0.717, 1.165) is 35.7 Å². The summed E-state index contributed by atoms with van der Waals surface area (Å²) in [5.74, 6) is 0.684. The Morgan fingerprint density at radius 1 is 1.00 bits per heavy atom. The molecule has 0 spiro atoms. The van der Waals surface area contributed by atoms with E-state index >= 15 is 0 Å². The van der Waals surface area contributed by atoms with E-state index in [-0.39, 0.29) is 6.03 Å². The number of ether oxygens (including phenoxy) is 1. The molecule has 0 bridgehead atoms. The Bertz CT molecular complexity index is 793. The molecule has 7 nitrogen and oxygen atoms in total. The lowest BCUT2D eigenvalue weighted by atomic mass is 10.1. The van der Waals surface area contributed by atoms with Gasteiger partial charge in [0.25, 0.3) is 0 Å². The summed E-state index contributed by atoms with van der Waals surface area (Å²) >= 11 is 0. The average Bonchev–Trinajstić information content (AvgIpc) is 2.62. The predicted octanol–water partition coefficient (Wildman–Crippen LogP) is 3.19. The van der Waals surface area contributed by atoms with Gasteiger partial charge >= 0.3 is 6.03 Å². The minimum Gasteiger partial charge on any atom is -0.378 e. The van der Waals surface area contributed by atoms with Gasteiger partial charge in [0.15, 0.2) is 0 Å². The lowest BCUT2D eigenvalue weighted by Crippen LogP contribution is -2.37. The highest BCUT2D eigenvalue weighted by atomic mass is 16.5. The number of carbonyl (C=O) groups is 1. The second-order valence-electron chi connectivity index (χ2n) is 6.55. The molecule has 0 aliphatic carbocycles. The van der Waals surface area contributed by atoms with Crippen LogP contribution in [0.15, 0.2) is 18.2 Å². The number of hydrogen-bond donors (Lipinski definition) is 2. The Kier molecular flexibility index (Phi) is 5.37. The zero-order valence-electron chi connectivity index (χ0n) is 15.7. The molecule has 0 atom stereocenters. The van der Waals surface area contributed by atoms with Crippen molar-refractivity contribution >= 4 is 23.4 Å². The molecule has 0 unspecified atom stereocenters. The molecule has 1 aromatic carbocycles. The van der Waals surface area contributed by atoms with Gasteiger partial charge < -0.3 is 20.3 Å². The van der Waals surface area contributed by atoms with Gasteiger partial charge in [-0.15, -0.1) is 0 Å². The first-order valence-electron chi connectivity index (χ1n) is 8.77. The van der Waals surface area contributed by atoms with Gasteiger partial charge in [0.2, 0.25) is 5.95 Å². The van der Waals surface area contributed by atoms with E-state index in [0.29, 0.717) is 24.8 Å². The van der Waals surface area contributed by atoms with Gasteiger partial charge in [-0.1, -0.05) is 6.07 Å². The molecule has 7 heteroatoms. The van der Waals surface area contributed by atoms with Crippen LogP contribution in [-0.4, -0.2) is 42.3 Å². The molecule has 2 amide bonds. The lowest BCUT2D eigenvalue weighted by molar-refractivity contribution is 0.122. The van der Waals surface area contributed by atoms with Crippen LogP contribution in [-0.2, 0) is 4.74 Å². The van der Waals surface area contributed by atoms with Crippen LogP contribution in [0.5, 0.6) is 0 Å². The molecule has 1 aliphatic rings. The van der Waals surface area contributed by atoms with Gasteiger partial charge in [0.1, 0.15) is 0 Å². The van der Waals surface area contributed by atoms with E-state index in [1.165, 1.54) is 5.56 Å². The summed E-state index contributed by atoms with van der Waals surface area (Å²) in [6.07, 6.45) is 0. The topological polar surface area (TPSA) is 79.4 Å². The van der Waals surface area contributed by atoms with Crippen molar-refractivity contribution in [3.8, 4) is 0 Å². The zero-order valence-corrected chi connectivity index (χ0v) is 15.7. The Labute approximate surface area is 153 Å². The Morgan fingerprint density at radius 3 is 2.27 bits per heavy atom. The third-order valence-corrected chi connectivity index (χ3v) is 4.56. The van der Waals surface area contributed by atoms with Gasteiger partial charge in [0.05, 0.1) is 30.3 Å². The Morgan fingerprint density at radius 2 is 1.65 bits per heavy atom. The van der Waals surface area contributed by atoms with Crippen LogP contribution in [0.3, 0.4) is 0 Å². The van der Waals surface area contributed by atoms with Crippen molar-refractivity contribution in [2.24, 2.45) is 0 Å². The average molecular weight is 355 g/mol. The third-order valence-electron chi connectivity index (χ3n) is 4.56. The zero-order chi connectivity index (χ0) is 18.7. The fourth-order valence-electron chi connectivity index (χ4n) is 2.88. The van der Waals surface area contributed by atoms with Crippen molar-refractivity contribution in [1.29, 1.82) is 0 Å². The third kappa shape index (κ3) is 4.11. The molecule has 2 N–H and O–H groups in total. The summed E-state index contributed by atoms with van der Waals surface area (Å²) in [7, 11) is 0. The number of carbonyl (C=O) groups excluding carboxylic acids is 1. The molecule has 138 valence electrons. The SMILES string of the molecule is Cc1ccc(NC(=O)Nc2c(C)nc(N3CCOCC3)nc2C)cc1C. The smallest absolute Gasteiger partial charge is 0.323 e. The number of anilines is 3. The molecule has 0 radical (unpaired) electrons. The van der Waals surface area contributed by atoms with Gasteiger partial charge in [0, 0.05) is 18.8 Å². The van der Waals surface area contributed by atoms with E-state index in [4.69, 9.17) is 4.74 Å². The van der Waals surface area contributed by atoms with Crippen molar-refractivity contribution in [1.82, 2.24) is 9.97 Å². The largest absolute Gasteiger partial charge is 0.378 e. The first kappa shape index (κ1) is 18.1. The highest BCUT2D eigenvalue weighted by Crippen LogP contribution is 2.22. The van der Waals surface area contributed by atoms with Crippen molar-refractivity contribution in [3.63, 3.8) is 0 Å². The van der Waals surface area contributed by atoms with Crippen LogP contribution in [0.4, 0.5) is 22.1 Å². The van der Waals surface area contributed by atoms with Crippen molar-refractivity contribution in [3.05, 3.63) is 40.7 Å². The molecular weight excluding hydrogens is 330 g/mol. The number of morpholine rings is 1. The van der Waals surface area contributed by atoms with E-state index in [1.807, 2.05) is 45.9 Å². The fourth-order valence-corrected chi connectivity index (χ4v) is 2.88. The number of aromatic nitrogens is 2. The predicted molar refractivity (Wildman–Crippen MR) is 103 cm³/mol. The maximum absolute atomic E-state index is 12.4. The quantitative estimate of drug-likeness (QED) is 0.884. The first-order valence-corrected chi connectivity index (χ1v) is 8.77. The summed E-state index contributed by atoms with van der Waals surface area (Å²) < 4.78 is 5.37. The van der Waals surface area contributed by atoms with Crippen LogP contribution in [0, 0.1) is 27.7 Å². The second-order valence-corrected chi connectivity index (χ2v) is 6.55. The lowest BCUT2D eigenvalue weighted by Gasteiger charge is -2.27. The summed E-state index contributed by atoms with van der Waals surface area (Å²) in [4.78, 5) is 23.6. The van der Waals surface area contributed by atoms with Crippen LogP contribution < -0.4 is 15.5 Å². The normalized spacial score (nSPS) is 14.2. The number of aryl methyl sites for hydroxylation is 4. The number of hydrogen-bond acceptors (Lipinski definition) is 5. The maximum Gasteiger partial charge on any atom is 0.323 e. The number of nitrogens with one attached hydrogen (secondary N) is 2. The van der Waals surface area contributed by atoms with Gasteiger partial charge in [-0.05, 0) is 51.0 Å². The van der Waals surface area contributed by atoms with Crippen LogP contribution in [0.2, 0.25) is 0 Å². The molecule has 1 aromatic heterocycles. The number of amides is 2. The fraction of sp³-hybridized carbons (Fsp3) is 0.421. The number of benzene rings is 1. The Hall–Kier alpha value is -2.67. The van der Waals surface area contributed by atoms with E-state index in [2.05, 4.69) is 25.5 Å². The van der Waals surface area contributed by atoms with Gasteiger partial charge in [-0.25, -0.2) is 14.8 Å². The Balaban J connectivity index is 1.72. The number of rotatable bonds is 3. The summed E-state index contributed by atoms with van der Waals surface area (Å²) in [6.45, 7) is 10.7. The first-order chi connectivity index (χ1) is 12.4. The van der Waals surface area contributed by atoms with Crippen LogP contribution in [0.25, 0.3) is 0 Å².